The minimum Gasteiger partial charge on any atom is -0.396 e. The van der Waals surface area contributed by atoms with Crippen LogP contribution in [0.2, 0.25) is 0 Å². The lowest BCUT2D eigenvalue weighted by Crippen LogP contribution is -2.22. The summed E-state index contributed by atoms with van der Waals surface area (Å²) in [7, 11) is 0. The molecule has 2 heteroatoms. The summed E-state index contributed by atoms with van der Waals surface area (Å²) in [6.07, 6.45) is 0.776. The number of aryl methyl sites for hydroxylation is 1. The molecule has 1 atom stereocenters. The van der Waals surface area contributed by atoms with Crippen LogP contribution < -0.4 is 5.32 Å². The SMILES string of the molecule is CCNC(CCO)c1ccccc1C. The molecule has 0 fully saturated rings. The zero-order valence-corrected chi connectivity index (χ0v) is 8.96. The van der Waals surface area contributed by atoms with Gasteiger partial charge in [-0.15, -0.1) is 0 Å². The fourth-order valence-corrected chi connectivity index (χ4v) is 1.72. The van der Waals surface area contributed by atoms with E-state index in [9.17, 15) is 0 Å². The molecule has 2 N–H and O–H groups in total. The first-order valence-corrected chi connectivity index (χ1v) is 5.19. The van der Waals surface area contributed by atoms with Gasteiger partial charge in [-0.3, -0.25) is 0 Å². The van der Waals surface area contributed by atoms with E-state index in [-0.39, 0.29) is 12.6 Å². The van der Waals surface area contributed by atoms with Gasteiger partial charge in [0, 0.05) is 12.6 Å². The summed E-state index contributed by atoms with van der Waals surface area (Å²) in [5.41, 5.74) is 2.58. The molecular weight excluding hydrogens is 174 g/mol. The predicted molar refractivity (Wildman–Crippen MR) is 59.3 cm³/mol. The second kappa shape index (κ2) is 5.78. The zero-order chi connectivity index (χ0) is 10.4. The van der Waals surface area contributed by atoms with Gasteiger partial charge in [0.1, 0.15) is 0 Å². The Kier molecular flexibility index (Phi) is 4.63. The van der Waals surface area contributed by atoms with Crippen LogP contribution in [0.1, 0.15) is 30.5 Å². The molecule has 0 saturated carbocycles. The zero-order valence-electron chi connectivity index (χ0n) is 8.96. The van der Waals surface area contributed by atoms with Gasteiger partial charge in [0.15, 0.2) is 0 Å². The van der Waals surface area contributed by atoms with Gasteiger partial charge >= 0.3 is 0 Å². The van der Waals surface area contributed by atoms with Gasteiger partial charge in [-0.1, -0.05) is 31.2 Å². The Labute approximate surface area is 86.0 Å². The van der Waals surface area contributed by atoms with Crippen LogP contribution in [0.4, 0.5) is 0 Å². The second-order valence-corrected chi connectivity index (χ2v) is 3.48. The highest BCUT2D eigenvalue weighted by atomic mass is 16.3. The summed E-state index contributed by atoms with van der Waals surface area (Å²) in [4.78, 5) is 0. The van der Waals surface area contributed by atoms with E-state index >= 15 is 0 Å². The lowest BCUT2D eigenvalue weighted by molar-refractivity contribution is 0.266. The van der Waals surface area contributed by atoms with Gasteiger partial charge in [0.25, 0.3) is 0 Å². The third-order valence-corrected chi connectivity index (χ3v) is 2.43. The molecule has 0 radical (unpaired) electrons. The summed E-state index contributed by atoms with van der Waals surface area (Å²) in [5, 5.41) is 12.4. The van der Waals surface area contributed by atoms with Crippen molar-refractivity contribution in [3.8, 4) is 0 Å². The van der Waals surface area contributed by atoms with Crippen molar-refractivity contribution >= 4 is 0 Å². The van der Waals surface area contributed by atoms with Crippen molar-refractivity contribution in [3.05, 3.63) is 35.4 Å². The average Bonchev–Trinajstić information content (AvgIpc) is 2.18. The maximum absolute atomic E-state index is 8.98. The number of hydrogen-bond acceptors (Lipinski definition) is 2. The minimum atomic E-state index is 0.228. The lowest BCUT2D eigenvalue weighted by Gasteiger charge is -2.19. The van der Waals surface area contributed by atoms with E-state index in [1.54, 1.807) is 0 Å². The van der Waals surface area contributed by atoms with Crippen molar-refractivity contribution in [2.24, 2.45) is 0 Å². The Hall–Kier alpha value is -0.860. The third kappa shape index (κ3) is 2.82. The summed E-state index contributed by atoms with van der Waals surface area (Å²) < 4.78 is 0. The summed E-state index contributed by atoms with van der Waals surface area (Å²) in [5.74, 6) is 0. The van der Waals surface area contributed by atoms with Crippen LogP contribution in [0.25, 0.3) is 0 Å². The van der Waals surface area contributed by atoms with Crippen molar-refractivity contribution in [3.63, 3.8) is 0 Å². The van der Waals surface area contributed by atoms with E-state index in [2.05, 4.69) is 31.3 Å². The molecule has 0 heterocycles. The van der Waals surface area contributed by atoms with E-state index in [0.29, 0.717) is 0 Å². The van der Waals surface area contributed by atoms with E-state index in [4.69, 9.17) is 5.11 Å². The van der Waals surface area contributed by atoms with Gasteiger partial charge in [-0.2, -0.15) is 0 Å². The smallest absolute Gasteiger partial charge is 0.0449 e. The molecule has 1 unspecified atom stereocenters. The van der Waals surface area contributed by atoms with E-state index in [1.807, 2.05) is 12.1 Å². The van der Waals surface area contributed by atoms with Crippen LogP contribution in [0.5, 0.6) is 0 Å². The molecule has 0 aliphatic rings. The highest BCUT2D eigenvalue weighted by Crippen LogP contribution is 2.19. The molecule has 14 heavy (non-hydrogen) atoms. The fraction of sp³-hybridized carbons (Fsp3) is 0.500. The molecule has 78 valence electrons. The first-order chi connectivity index (χ1) is 6.79. The second-order valence-electron chi connectivity index (χ2n) is 3.48. The van der Waals surface area contributed by atoms with Crippen molar-refractivity contribution in [1.29, 1.82) is 0 Å². The van der Waals surface area contributed by atoms with E-state index in [0.717, 1.165) is 13.0 Å². The molecule has 0 aliphatic carbocycles. The molecule has 0 bridgehead atoms. The highest BCUT2D eigenvalue weighted by molar-refractivity contribution is 5.28. The highest BCUT2D eigenvalue weighted by Gasteiger charge is 2.10. The number of benzene rings is 1. The quantitative estimate of drug-likeness (QED) is 0.750. The normalized spacial score (nSPS) is 12.8. The van der Waals surface area contributed by atoms with Crippen LogP contribution in [-0.4, -0.2) is 18.3 Å². The van der Waals surface area contributed by atoms with Crippen LogP contribution >= 0.6 is 0 Å². The Morgan fingerprint density at radius 1 is 1.36 bits per heavy atom. The Morgan fingerprint density at radius 2 is 2.07 bits per heavy atom. The Morgan fingerprint density at radius 3 is 2.64 bits per heavy atom. The molecular formula is C12H19NO. The van der Waals surface area contributed by atoms with Crippen LogP contribution in [0.15, 0.2) is 24.3 Å². The first kappa shape index (κ1) is 11.2. The maximum atomic E-state index is 8.98. The van der Waals surface area contributed by atoms with E-state index < -0.39 is 0 Å². The number of hydrogen-bond donors (Lipinski definition) is 2. The molecule has 1 rings (SSSR count). The molecule has 0 aliphatic heterocycles. The lowest BCUT2D eigenvalue weighted by atomic mass is 9.99. The molecule has 0 aromatic heterocycles. The number of nitrogens with one attached hydrogen (secondary N) is 1. The van der Waals surface area contributed by atoms with Crippen molar-refractivity contribution in [2.45, 2.75) is 26.3 Å². The molecule has 2 nitrogen and oxygen atoms in total. The van der Waals surface area contributed by atoms with Crippen LogP contribution in [0, 0.1) is 6.92 Å². The molecule has 1 aromatic carbocycles. The fourth-order valence-electron chi connectivity index (χ4n) is 1.72. The molecule has 0 spiro atoms. The topological polar surface area (TPSA) is 32.3 Å². The van der Waals surface area contributed by atoms with Gasteiger partial charge in [0.05, 0.1) is 0 Å². The average molecular weight is 193 g/mol. The predicted octanol–water partition coefficient (Wildman–Crippen LogP) is 2.03. The summed E-state index contributed by atoms with van der Waals surface area (Å²) in [6.45, 7) is 5.35. The standard InChI is InChI=1S/C12H19NO/c1-3-13-12(8-9-14)11-7-5-4-6-10(11)2/h4-7,12-14H,3,8-9H2,1-2H3. The minimum absolute atomic E-state index is 0.228. The monoisotopic (exact) mass is 193 g/mol. The van der Waals surface area contributed by atoms with Gasteiger partial charge < -0.3 is 10.4 Å². The van der Waals surface area contributed by atoms with E-state index in [1.165, 1.54) is 11.1 Å². The third-order valence-electron chi connectivity index (χ3n) is 2.43. The van der Waals surface area contributed by atoms with Crippen molar-refractivity contribution in [1.82, 2.24) is 5.32 Å². The maximum Gasteiger partial charge on any atom is 0.0449 e. The van der Waals surface area contributed by atoms with Gasteiger partial charge in [0.2, 0.25) is 0 Å². The Balaban J connectivity index is 2.81. The van der Waals surface area contributed by atoms with Gasteiger partial charge in [-0.25, -0.2) is 0 Å². The summed E-state index contributed by atoms with van der Waals surface area (Å²) >= 11 is 0. The molecule has 1 aromatic rings. The molecule has 0 amide bonds. The van der Waals surface area contributed by atoms with Crippen LogP contribution in [0.3, 0.4) is 0 Å². The largest absolute Gasteiger partial charge is 0.396 e. The van der Waals surface area contributed by atoms with Crippen LogP contribution in [-0.2, 0) is 0 Å². The number of rotatable bonds is 5. The Bertz CT molecular complexity index is 267. The number of aliphatic hydroxyl groups is 1. The van der Waals surface area contributed by atoms with Crippen molar-refractivity contribution < 1.29 is 5.11 Å². The summed E-state index contributed by atoms with van der Waals surface area (Å²) in [6, 6.07) is 8.60. The molecule has 0 saturated heterocycles. The van der Waals surface area contributed by atoms with Crippen molar-refractivity contribution in [2.75, 3.05) is 13.2 Å². The number of aliphatic hydroxyl groups excluding tert-OH is 1. The first-order valence-electron chi connectivity index (χ1n) is 5.19. The van der Waals surface area contributed by atoms with Gasteiger partial charge in [-0.05, 0) is 31.0 Å².